The number of hydrogen-bond acceptors (Lipinski definition) is 4. The molecule has 0 aliphatic carbocycles. The number of hydrogen-bond donors (Lipinski definition) is 0. The first-order chi connectivity index (χ1) is 7.50. The fraction of sp³-hybridized carbons (Fsp3) is 0.364. The molecule has 0 fully saturated rings. The summed E-state index contributed by atoms with van der Waals surface area (Å²) in [5.41, 5.74) is 1.82. The van der Waals surface area contributed by atoms with Gasteiger partial charge in [0.05, 0.1) is 5.69 Å². The predicted molar refractivity (Wildman–Crippen MR) is 63.7 cm³/mol. The third-order valence-corrected chi connectivity index (χ3v) is 2.12. The number of anilines is 1. The summed E-state index contributed by atoms with van der Waals surface area (Å²) in [6.45, 7) is 1.44. The van der Waals surface area contributed by atoms with Crippen LogP contribution in [0.3, 0.4) is 0 Å². The van der Waals surface area contributed by atoms with Gasteiger partial charge in [-0.25, -0.2) is 5.01 Å². The van der Waals surface area contributed by atoms with Crippen LogP contribution in [0.25, 0.3) is 0 Å². The Balaban J connectivity index is 2.72. The van der Waals surface area contributed by atoms with E-state index >= 15 is 0 Å². The molecule has 0 aromatic heterocycles. The van der Waals surface area contributed by atoms with Crippen LogP contribution in [-0.2, 0) is 4.79 Å². The average Bonchev–Trinajstić information content (AvgIpc) is 2.26. The number of rotatable bonds is 3. The van der Waals surface area contributed by atoms with E-state index in [2.05, 4.69) is 10.3 Å². The van der Waals surface area contributed by atoms with Crippen LogP contribution >= 0.6 is 0 Å². The molecule has 16 heavy (non-hydrogen) atoms. The van der Waals surface area contributed by atoms with Gasteiger partial charge >= 0.3 is 0 Å². The summed E-state index contributed by atoms with van der Waals surface area (Å²) in [5, 5.41) is 8.90. The van der Waals surface area contributed by atoms with Crippen LogP contribution in [0.2, 0.25) is 0 Å². The molecule has 1 amide bonds. The minimum absolute atomic E-state index is 0.145. The molecule has 5 heteroatoms. The third-order valence-electron chi connectivity index (χ3n) is 2.12. The van der Waals surface area contributed by atoms with E-state index in [-0.39, 0.29) is 5.91 Å². The van der Waals surface area contributed by atoms with Gasteiger partial charge in [-0.2, -0.15) is 0 Å². The number of benzene rings is 1. The molecule has 0 saturated heterocycles. The van der Waals surface area contributed by atoms with Gasteiger partial charge in [0, 0.05) is 33.8 Å². The van der Waals surface area contributed by atoms with E-state index in [1.807, 2.05) is 43.3 Å². The largest absolute Gasteiger partial charge is 0.378 e. The maximum atomic E-state index is 10.9. The molecule has 5 nitrogen and oxygen atoms in total. The van der Waals surface area contributed by atoms with Gasteiger partial charge in [0.25, 0.3) is 0 Å². The van der Waals surface area contributed by atoms with Crippen LogP contribution in [0, 0.1) is 0 Å². The zero-order chi connectivity index (χ0) is 12.1. The minimum Gasteiger partial charge on any atom is -0.378 e. The van der Waals surface area contributed by atoms with Crippen molar-refractivity contribution in [2.45, 2.75) is 6.92 Å². The number of carbonyl (C=O) groups excluding carboxylic acids is 1. The quantitative estimate of drug-likeness (QED) is 0.579. The summed E-state index contributed by atoms with van der Waals surface area (Å²) in [6, 6.07) is 7.60. The second-order valence-corrected chi connectivity index (χ2v) is 3.64. The summed E-state index contributed by atoms with van der Waals surface area (Å²) in [5.74, 6) is -0.145. The molecule has 0 radical (unpaired) electrons. The van der Waals surface area contributed by atoms with Crippen molar-refractivity contribution in [1.29, 1.82) is 0 Å². The van der Waals surface area contributed by atoms with Crippen LogP contribution < -0.4 is 4.90 Å². The molecule has 0 atom stereocenters. The van der Waals surface area contributed by atoms with Gasteiger partial charge in [-0.05, 0) is 24.3 Å². The maximum absolute atomic E-state index is 10.9. The second-order valence-electron chi connectivity index (χ2n) is 3.64. The van der Waals surface area contributed by atoms with Gasteiger partial charge in [-0.1, -0.05) is 5.22 Å². The molecule has 0 saturated carbocycles. The molecule has 0 spiro atoms. The summed E-state index contributed by atoms with van der Waals surface area (Å²) in [6.07, 6.45) is 0. The molecule has 0 unspecified atom stereocenters. The highest BCUT2D eigenvalue weighted by atomic mass is 16.2. The number of nitrogens with zero attached hydrogens (tertiary/aromatic N) is 4. The first-order valence-corrected chi connectivity index (χ1v) is 4.94. The van der Waals surface area contributed by atoms with Crippen molar-refractivity contribution < 1.29 is 4.79 Å². The van der Waals surface area contributed by atoms with Crippen molar-refractivity contribution in [3.63, 3.8) is 0 Å². The molecule has 1 rings (SSSR count). The van der Waals surface area contributed by atoms with Gasteiger partial charge in [0.15, 0.2) is 0 Å². The predicted octanol–water partition coefficient (Wildman–Crippen LogP) is 2.23. The molecule has 0 aliphatic heterocycles. The standard InChI is InChI=1S/C11H16N4O/c1-9(16)15(4)13-12-10-5-7-11(8-6-10)14(2)3/h5-8H,1-4H3. The highest BCUT2D eigenvalue weighted by molar-refractivity contribution is 5.72. The zero-order valence-corrected chi connectivity index (χ0v) is 10.0. The summed E-state index contributed by atoms with van der Waals surface area (Å²) >= 11 is 0. The van der Waals surface area contributed by atoms with E-state index in [4.69, 9.17) is 0 Å². The van der Waals surface area contributed by atoms with Crippen molar-refractivity contribution in [3.8, 4) is 0 Å². The van der Waals surface area contributed by atoms with Crippen LogP contribution in [-0.4, -0.2) is 32.1 Å². The lowest BCUT2D eigenvalue weighted by molar-refractivity contribution is -0.127. The van der Waals surface area contributed by atoms with E-state index in [1.165, 1.54) is 11.9 Å². The van der Waals surface area contributed by atoms with Crippen molar-refractivity contribution in [1.82, 2.24) is 5.01 Å². The normalized spacial score (nSPS) is 10.5. The maximum Gasteiger partial charge on any atom is 0.240 e. The minimum atomic E-state index is -0.145. The Labute approximate surface area is 95.4 Å². The molecule has 0 heterocycles. The lowest BCUT2D eigenvalue weighted by Crippen LogP contribution is -2.15. The van der Waals surface area contributed by atoms with Gasteiger partial charge in [-0.15, -0.1) is 5.11 Å². The van der Waals surface area contributed by atoms with Gasteiger partial charge in [-0.3, -0.25) is 4.79 Å². The molecular formula is C11H16N4O. The first kappa shape index (κ1) is 12.2. The molecule has 86 valence electrons. The molecule has 1 aromatic carbocycles. The topological polar surface area (TPSA) is 48.3 Å². The van der Waals surface area contributed by atoms with E-state index in [0.717, 1.165) is 11.4 Å². The van der Waals surface area contributed by atoms with Crippen LogP contribution in [0.5, 0.6) is 0 Å². The Morgan fingerprint density at radius 2 is 1.69 bits per heavy atom. The van der Waals surface area contributed by atoms with E-state index < -0.39 is 0 Å². The van der Waals surface area contributed by atoms with Crippen molar-refractivity contribution >= 4 is 17.3 Å². The highest BCUT2D eigenvalue weighted by Gasteiger charge is 1.98. The van der Waals surface area contributed by atoms with Crippen LogP contribution in [0.15, 0.2) is 34.6 Å². The smallest absolute Gasteiger partial charge is 0.240 e. The first-order valence-electron chi connectivity index (χ1n) is 4.94. The Hall–Kier alpha value is -1.91. The van der Waals surface area contributed by atoms with Crippen LogP contribution in [0.4, 0.5) is 11.4 Å². The summed E-state index contributed by atoms with van der Waals surface area (Å²) in [7, 11) is 5.51. The Morgan fingerprint density at radius 1 is 1.12 bits per heavy atom. The van der Waals surface area contributed by atoms with Gasteiger partial charge < -0.3 is 4.90 Å². The monoisotopic (exact) mass is 220 g/mol. The Bertz CT molecular complexity index is 383. The molecule has 0 N–H and O–H groups in total. The lowest BCUT2D eigenvalue weighted by atomic mass is 10.3. The molecular weight excluding hydrogens is 204 g/mol. The third kappa shape index (κ3) is 3.34. The number of amides is 1. The molecule has 0 bridgehead atoms. The number of carbonyl (C=O) groups is 1. The van der Waals surface area contributed by atoms with Crippen molar-refractivity contribution in [2.75, 3.05) is 26.0 Å². The van der Waals surface area contributed by atoms with E-state index in [1.54, 1.807) is 7.05 Å². The lowest BCUT2D eigenvalue weighted by Gasteiger charge is -2.11. The van der Waals surface area contributed by atoms with Gasteiger partial charge in [0.1, 0.15) is 0 Å². The van der Waals surface area contributed by atoms with Crippen molar-refractivity contribution in [2.24, 2.45) is 10.3 Å². The van der Waals surface area contributed by atoms with Crippen molar-refractivity contribution in [3.05, 3.63) is 24.3 Å². The fourth-order valence-electron chi connectivity index (χ4n) is 0.999. The average molecular weight is 220 g/mol. The SMILES string of the molecule is CC(=O)N(C)N=Nc1ccc(N(C)C)cc1. The molecule has 1 aromatic rings. The van der Waals surface area contributed by atoms with E-state index in [0.29, 0.717) is 0 Å². The summed E-state index contributed by atoms with van der Waals surface area (Å²) < 4.78 is 0. The summed E-state index contributed by atoms with van der Waals surface area (Å²) in [4.78, 5) is 12.9. The Kier molecular flexibility index (Phi) is 3.99. The fourth-order valence-corrected chi connectivity index (χ4v) is 0.999. The zero-order valence-electron chi connectivity index (χ0n) is 10.0. The Morgan fingerprint density at radius 3 is 2.12 bits per heavy atom. The van der Waals surface area contributed by atoms with E-state index in [9.17, 15) is 4.79 Å². The molecule has 0 aliphatic rings. The van der Waals surface area contributed by atoms with Crippen LogP contribution in [0.1, 0.15) is 6.92 Å². The highest BCUT2D eigenvalue weighted by Crippen LogP contribution is 2.18. The second kappa shape index (κ2) is 5.25. The van der Waals surface area contributed by atoms with Gasteiger partial charge in [0.2, 0.25) is 5.91 Å².